The summed E-state index contributed by atoms with van der Waals surface area (Å²) in [5.74, 6) is -0.285. The minimum atomic E-state index is -1.05. The van der Waals surface area contributed by atoms with Gasteiger partial charge in [0.15, 0.2) is 0 Å². The Morgan fingerprint density at radius 3 is 2.86 bits per heavy atom. The van der Waals surface area contributed by atoms with Gasteiger partial charge in [0.25, 0.3) is 5.91 Å². The molecule has 1 N–H and O–H groups in total. The molecule has 2 aromatic rings. The summed E-state index contributed by atoms with van der Waals surface area (Å²) in [4.78, 5) is 32.0. The molecule has 142 valence electrons. The number of carboxylic acids is 1. The van der Waals surface area contributed by atoms with Crippen molar-refractivity contribution in [2.45, 2.75) is 32.1 Å². The van der Waals surface area contributed by atoms with E-state index in [0.717, 1.165) is 37.7 Å². The summed E-state index contributed by atoms with van der Waals surface area (Å²) in [7, 11) is 0. The van der Waals surface area contributed by atoms with E-state index in [4.69, 9.17) is 10.1 Å². The molecule has 3 aliphatic heterocycles. The molecule has 1 aromatic heterocycles. The molecular weight excluding hydrogens is 356 g/mol. The zero-order valence-corrected chi connectivity index (χ0v) is 15.3. The second-order valence-corrected chi connectivity index (χ2v) is 7.39. The van der Waals surface area contributed by atoms with Crippen LogP contribution in [0.5, 0.6) is 0 Å². The van der Waals surface area contributed by atoms with Gasteiger partial charge in [0, 0.05) is 31.4 Å². The number of rotatable bonds is 4. The molecule has 3 aliphatic rings. The van der Waals surface area contributed by atoms with E-state index >= 15 is 0 Å². The highest BCUT2D eigenvalue weighted by Gasteiger charge is 2.48. The fourth-order valence-corrected chi connectivity index (χ4v) is 4.21. The highest BCUT2D eigenvalue weighted by molar-refractivity contribution is 6.10. The molecule has 0 radical (unpaired) electrons. The molecule has 5 rings (SSSR count). The average molecular weight is 376 g/mol. The number of benzene rings is 1. The summed E-state index contributed by atoms with van der Waals surface area (Å²) in [6, 6.07) is 10.2. The number of carboxylic acid groups (broad SMARTS) is 1. The summed E-state index contributed by atoms with van der Waals surface area (Å²) < 4.78 is 2.14. The van der Waals surface area contributed by atoms with Gasteiger partial charge >= 0.3 is 5.97 Å². The van der Waals surface area contributed by atoms with Gasteiger partial charge in [-0.15, -0.1) is 0 Å². The van der Waals surface area contributed by atoms with Gasteiger partial charge in [-0.05, 0) is 18.1 Å². The monoisotopic (exact) mass is 376 g/mol. The Balaban J connectivity index is 1.30. The zero-order valence-electron chi connectivity index (χ0n) is 15.3. The van der Waals surface area contributed by atoms with Crippen molar-refractivity contribution in [3.63, 3.8) is 0 Å². The third-order valence-electron chi connectivity index (χ3n) is 5.60. The molecule has 4 heterocycles. The number of hydrogen-bond acceptors (Lipinski definition) is 4. The van der Waals surface area contributed by atoms with Crippen LogP contribution in [0.2, 0.25) is 0 Å². The molecule has 1 fully saturated rings. The van der Waals surface area contributed by atoms with Crippen LogP contribution in [-0.2, 0) is 29.2 Å². The largest absolute Gasteiger partial charge is 0.477 e. The van der Waals surface area contributed by atoms with Crippen molar-refractivity contribution in [1.29, 1.82) is 0 Å². The minimum absolute atomic E-state index is 0.0906. The topological polar surface area (TPSA) is 78.7 Å². The van der Waals surface area contributed by atoms with Crippen LogP contribution in [0.4, 0.5) is 0 Å². The SMILES string of the molecule is O=C(O)C1=CCC2/C(=C\c3cn4c(n3)CN(Cc3ccccc3)CC4)C(=O)N12. The zero-order chi connectivity index (χ0) is 19.3. The first-order valence-electron chi connectivity index (χ1n) is 9.41. The molecule has 28 heavy (non-hydrogen) atoms. The van der Waals surface area contributed by atoms with Crippen LogP contribution in [0, 0.1) is 0 Å². The Kier molecular flexibility index (Phi) is 3.91. The lowest BCUT2D eigenvalue weighted by Gasteiger charge is -2.38. The van der Waals surface area contributed by atoms with Crippen LogP contribution < -0.4 is 0 Å². The molecule has 0 bridgehead atoms. The van der Waals surface area contributed by atoms with Crippen LogP contribution in [0.15, 0.2) is 53.9 Å². The first-order valence-corrected chi connectivity index (χ1v) is 9.41. The van der Waals surface area contributed by atoms with Crippen LogP contribution >= 0.6 is 0 Å². The molecule has 7 nitrogen and oxygen atoms in total. The summed E-state index contributed by atoms with van der Waals surface area (Å²) in [5, 5.41) is 9.17. The van der Waals surface area contributed by atoms with E-state index in [1.54, 1.807) is 6.08 Å². The fourth-order valence-electron chi connectivity index (χ4n) is 4.21. The molecule has 0 aliphatic carbocycles. The number of fused-ring (bicyclic) bond motifs is 2. The number of amides is 1. The van der Waals surface area contributed by atoms with Crippen molar-refractivity contribution in [2.24, 2.45) is 0 Å². The lowest BCUT2D eigenvalue weighted by Crippen LogP contribution is -2.52. The number of aliphatic carboxylic acids is 1. The number of carbonyl (C=O) groups excluding carboxylic acids is 1. The quantitative estimate of drug-likeness (QED) is 0.651. The molecule has 0 spiro atoms. The van der Waals surface area contributed by atoms with E-state index in [-0.39, 0.29) is 17.6 Å². The maximum Gasteiger partial charge on any atom is 0.352 e. The number of imidazole rings is 1. The van der Waals surface area contributed by atoms with E-state index in [1.165, 1.54) is 10.5 Å². The van der Waals surface area contributed by atoms with E-state index in [2.05, 4.69) is 33.7 Å². The summed E-state index contributed by atoms with van der Waals surface area (Å²) in [6.07, 6.45) is 5.97. The third-order valence-corrected chi connectivity index (χ3v) is 5.60. The van der Waals surface area contributed by atoms with Crippen molar-refractivity contribution in [3.05, 3.63) is 71.0 Å². The number of aromatic nitrogens is 2. The van der Waals surface area contributed by atoms with Gasteiger partial charge in [0.1, 0.15) is 11.5 Å². The molecule has 0 saturated carbocycles. The van der Waals surface area contributed by atoms with Gasteiger partial charge in [0.2, 0.25) is 0 Å². The lowest BCUT2D eigenvalue weighted by molar-refractivity contribution is -0.142. The normalized spacial score (nSPS) is 22.6. The Labute approximate surface area is 162 Å². The summed E-state index contributed by atoms with van der Waals surface area (Å²) in [6.45, 7) is 3.48. The van der Waals surface area contributed by atoms with Gasteiger partial charge in [-0.1, -0.05) is 36.4 Å². The Morgan fingerprint density at radius 2 is 2.07 bits per heavy atom. The predicted molar refractivity (Wildman–Crippen MR) is 102 cm³/mol. The van der Waals surface area contributed by atoms with Gasteiger partial charge in [0.05, 0.1) is 18.3 Å². The van der Waals surface area contributed by atoms with Gasteiger partial charge in [-0.25, -0.2) is 9.78 Å². The number of carbonyl (C=O) groups is 2. The molecule has 1 aromatic carbocycles. The molecular formula is C21H20N4O3. The van der Waals surface area contributed by atoms with Crippen molar-refractivity contribution in [1.82, 2.24) is 19.4 Å². The third kappa shape index (κ3) is 2.75. The maximum atomic E-state index is 12.4. The van der Waals surface area contributed by atoms with Crippen LogP contribution in [-0.4, -0.2) is 48.9 Å². The summed E-state index contributed by atoms with van der Waals surface area (Å²) >= 11 is 0. The highest BCUT2D eigenvalue weighted by atomic mass is 16.4. The highest BCUT2D eigenvalue weighted by Crippen LogP contribution is 2.39. The molecule has 1 unspecified atom stereocenters. The molecule has 7 heteroatoms. The van der Waals surface area contributed by atoms with Crippen LogP contribution in [0.3, 0.4) is 0 Å². The molecule has 1 amide bonds. The second-order valence-electron chi connectivity index (χ2n) is 7.39. The maximum absolute atomic E-state index is 12.4. The Bertz CT molecular complexity index is 1020. The van der Waals surface area contributed by atoms with E-state index in [0.29, 0.717) is 12.0 Å². The minimum Gasteiger partial charge on any atom is -0.477 e. The molecule has 1 atom stereocenters. The molecule has 1 saturated heterocycles. The number of β-lactam (4-membered cyclic amide) rings is 1. The predicted octanol–water partition coefficient (Wildman–Crippen LogP) is 1.87. The Morgan fingerprint density at radius 1 is 1.25 bits per heavy atom. The van der Waals surface area contributed by atoms with E-state index in [9.17, 15) is 9.59 Å². The van der Waals surface area contributed by atoms with Crippen molar-refractivity contribution < 1.29 is 14.7 Å². The number of nitrogens with zero attached hydrogens (tertiary/aromatic N) is 4. The lowest BCUT2D eigenvalue weighted by atomic mass is 9.94. The Hall–Kier alpha value is -3.19. The van der Waals surface area contributed by atoms with E-state index < -0.39 is 5.97 Å². The summed E-state index contributed by atoms with van der Waals surface area (Å²) in [5.41, 5.74) is 2.79. The van der Waals surface area contributed by atoms with Crippen LogP contribution in [0.25, 0.3) is 6.08 Å². The van der Waals surface area contributed by atoms with Crippen molar-refractivity contribution in [2.75, 3.05) is 6.54 Å². The van der Waals surface area contributed by atoms with Crippen LogP contribution in [0.1, 0.15) is 23.5 Å². The second kappa shape index (κ2) is 6.45. The first-order chi connectivity index (χ1) is 13.6. The fraction of sp³-hybridized carbons (Fsp3) is 0.286. The average Bonchev–Trinajstić information content (AvgIpc) is 3.28. The standard InChI is InChI=1S/C21H20N4O3/c26-20-16(17-6-7-18(21(27)28)25(17)20)10-15-12-24-9-8-23(13-19(24)22-15)11-14-4-2-1-3-5-14/h1-5,7,10,12,17H,6,8-9,11,13H2,(H,27,28)/b16-10+. The van der Waals surface area contributed by atoms with Gasteiger partial charge in [-0.2, -0.15) is 0 Å². The smallest absolute Gasteiger partial charge is 0.352 e. The van der Waals surface area contributed by atoms with Gasteiger partial charge in [-0.3, -0.25) is 14.6 Å². The van der Waals surface area contributed by atoms with Gasteiger partial charge < -0.3 is 9.67 Å². The van der Waals surface area contributed by atoms with Crippen molar-refractivity contribution in [3.8, 4) is 0 Å². The van der Waals surface area contributed by atoms with E-state index in [1.807, 2.05) is 18.3 Å². The first kappa shape index (κ1) is 16.9. The van der Waals surface area contributed by atoms with Crippen molar-refractivity contribution >= 4 is 18.0 Å². The number of hydrogen-bond donors (Lipinski definition) is 1.